The van der Waals surface area contributed by atoms with Crippen molar-refractivity contribution in [2.75, 3.05) is 18.5 Å². The largest absolute Gasteiger partial charge is 0.396 e. The van der Waals surface area contributed by atoms with Gasteiger partial charge in [-0.25, -0.2) is 4.39 Å². The van der Waals surface area contributed by atoms with E-state index in [2.05, 4.69) is 5.32 Å². The molecule has 0 bridgehead atoms. The van der Waals surface area contributed by atoms with Crippen molar-refractivity contribution in [3.8, 4) is 0 Å². The Bertz CT molecular complexity index is 461. The Morgan fingerprint density at radius 3 is 2.61 bits per heavy atom. The van der Waals surface area contributed by atoms with Crippen LogP contribution in [0.1, 0.15) is 19.4 Å². The van der Waals surface area contributed by atoms with Gasteiger partial charge in [-0.15, -0.1) is 0 Å². The summed E-state index contributed by atoms with van der Waals surface area (Å²) in [6.07, 6.45) is 0. The second kappa shape index (κ2) is 5.30. The lowest BCUT2D eigenvalue weighted by molar-refractivity contribution is -0.384. The van der Waals surface area contributed by atoms with Crippen LogP contribution >= 0.6 is 0 Å². The van der Waals surface area contributed by atoms with Gasteiger partial charge in [0.15, 0.2) is 0 Å². The lowest BCUT2D eigenvalue weighted by Gasteiger charge is -2.22. The highest BCUT2D eigenvalue weighted by molar-refractivity contribution is 5.63. The first kappa shape index (κ1) is 14.4. The number of nitro groups is 1. The smallest absolute Gasteiger partial charge is 0.295 e. The Morgan fingerprint density at radius 1 is 1.50 bits per heavy atom. The summed E-state index contributed by atoms with van der Waals surface area (Å²) in [6, 6.07) is 2.31. The average Bonchev–Trinajstić information content (AvgIpc) is 2.30. The fourth-order valence-corrected chi connectivity index (χ4v) is 1.35. The summed E-state index contributed by atoms with van der Waals surface area (Å²) in [6.45, 7) is 5.50. The predicted octanol–water partition coefficient (Wildman–Crippen LogP) is 2.47. The average molecular weight is 256 g/mol. The third-order valence-electron chi connectivity index (χ3n) is 2.66. The van der Waals surface area contributed by atoms with E-state index in [0.717, 1.165) is 6.07 Å². The zero-order chi connectivity index (χ0) is 13.9. The summed E-state index contributed by atoms with van der Waals surface area (Å²) in [5.74, 6) is -0.603. The molecule has 0 aliphatic heterocycles. The van der Waals surface area contributed by atoms with Gasteiger partial charge in [-0.1, -0.05) is 13.8 Å². The summed E-state index contributed by atoms with van der Waals surface area (Å²) < 4.78 is 13.3. The predicted molar refractivity (Wildman–Crippen MR) is 67.1 cm³/mol. The van der Waals surface area contributed by atoms with Gasteiger partial charge in [-0.2, -0.15) is 0 Å². The molecule has 100 valence electrons. The molecule has 18 heavy (non-hydrogen) atoms. The molecule has 6 heteroatoms. The van der Waals surface area contributed by atoms with Crippen LogP contribution in [-0.2, 0) is 0 Å². The minimum absolute atomic E-state index is 0.0476. The number of hydrogen-bond acceptors (Lipinski definition) is 4. The van der Waals surface area contributed by atoms with Crippen molar-refractivity contribution in [2.24, 2.45) is 5.41 Å². The summed E-state index contributed by atoms with van der Waals surface area (Å²) in [4.78, 5) is 10.2. The number of benzene rings is 1. The molecule has 1 aromatic rings. The summed E-state index contributed by atoms with van der Waals surface area (Å²) in [5.41, 5.74) is -0.104. The molecule has 0 amide bonds. The van der Waals surface area contributed by atoms with Gasteiger partial charge >= 0.3 is 0 Å². The van der Waals surface area contributed by atoms with E-state index in [1.807, 2.05) is 13.8 Å². The van der Waals surface area contributed by atoms with E-state index in [4.69, 9.17) is 5.11 Å². The molecule has 0 saturated carbocycles. The topological polar surface area (TPSA) is 75.4 Å². The van der Waals surface area contributed by atoms with Crippen molar-refractivity contribution in [3.63, 3.8) is 0 Å². The molecular weight excluding hydrogens is 239 g/mol. The normalized spacial score (nSPS) is 11.4. The van der Waals surface area contributed by atoms with Crippen molar-refractivity contribution < 1.29 is 14.4 Å². The Morgan fingerprint density at radius 2 is 2.11 bits per heavy atom. The molecule has 0 spiro atoms. The molecule has 0 atom stereocenters. The third kappa shape index (κ3) is 3.40. The van der Waals surface area contributed by atoms with Crippen LogP contribution < -0.4 is 5.32 Å². The summed E-state index contributed by atoms with van der Waals surface area (Å²) >= 11 is 0. The number of rotatable bonds is 5. The van der Waals surface area contributed by atoms with E-state index in [9.17, 15) is 14.5 Å². The maximum absolute atomic E-state index is 13.3. The van der Waals surface area contributed by atoms with Gasteiger partial charge in [-0.3, -0.25) is 10.1 Å². The number of aliphatic hydroxyl groups is 1. The third-order valence-corrected chi connectivity index (χ3v) is 2.66. The Hall–Kier alpha value is -1.69. The molecule has 0 radical (unpaired) electrons. The maximum atomic E-state index is 13.3. The number of hydrogen-bond donors (Lipinski definition) is 2. The van der Waals surface area contributed by atoms with Crippen LogP contribution in [-0.4, -0.2) is 23.2 Å². The van der Waals surface area contributed by atoms with Crippen LogP contribution in [0.15, 0.2) is 12.1 Å². The highest BCUT2D eigenvalue weighted by atomic mass is 19.1. The standard InChI is InChI=1S/C12H17FN2O3/c1-8-4-10(14-6-12(2,3)7-16)11(15(17)18)5-9(8)13/h4-5,14,16H,6-7H2,1-3H3. The van der Waals surface area contributed by atoms with Crippen LogP contribution in [0.2, 0.25) is 0 Å². The van der Waals surface area contributed by atoms with Crippen molar-refractivity contribution in [1.29, 1.82) is 0 Å². The minimum Gasteiger partial charge on any atom is -0.396 e. The number of nitrogens with one attached hydrogen (secondary N) is 1. The minimum atomic E-state index is -0.628. The van der Waals surface area contributed by atoms with E-state index in [0.29, 0.717) is 12.1 Å². The zero-order valence-electron chi connectivity index (χ0n) is 10.7. The van der Waals surface area contributed by atoms with Crippen LogP contribution in [0.25, 0.3) is 0 Å². The van der Waals surface area contributed by atoms with E-state index < -0.39 is 16.2 Å². The van der Waals surface area contributed by atoms with Gasteiger partial charge < -0.3 is 10.4 Å². The van der Waals surface area contributed by atoms with E-state index in [1.165, 1.54) is 6.07 Å². The highest BCUT2D eigenvalue weighted by Gasteiger charge is 2.21. The van der Waals surface area contributed by atoms with E-state index >= 15 is 0 Å². The SMILES string of the molecule is Cc1cc(NCC(C)(C)CO)c([N+](=O)[O-])cc1F. The first-order valence-corrected chi connectivity index (χ1v) is 5.56. The monoisotopic (exact) mass is 256 g/mol. The van der Waals surface area contributed by atoms with Gasteiger partial charge in [0.05, 0.1) is 11.0 Å². The Balaban J connectivity index is 3.01. The number of aryl methyl sites for hydroxylation is 1. The molecule has 0 aromatic heterocycles. The van der Waals surface area contributed by atoms with Gasteiger partial charge in [0.1, 0.15) is 11.5 Å². The molecule has 0 fully saturated rings. The molecule has 0 heterocycles. The fourth-order valence-electron chi connectivity index (χ4n) is 1.35. The van der Waals surface area contributed by atoms with Gasteiger partial charge in [0.2, 0.25) is 0 Å². The van der Waals surface area contributed by atoms with Crippen LogP contribution in [0, 0.1) is 28.3 Å². The molecule has 0 unspecified atom stereocenters. The van der Waals surface area contributed by atoms with Crippen molar-refractivity contribution in [2.45, 2.75) is 20.8 Å². The molecule has 2 N–H and O–H groups in total. The molecule has 1 aromatic carbocycles. The lowest BCUT2D eigenvalue weighted by atomic mass is 9.95. The quantitative estimate of drug-likeness (QED) is 0.627. The van der Waals surface area contributed by atoms with Gasteiger partial charge in [0.25, 0.3) is 5.69 Å². The highest BCUT2D eigenvalue weighted by Crippen LogP contribution is 2.28. The molecule has 5 nitrogen and oxygen atoms in total. The summed E-state index contributed by atoms with van der Waals surface area (Å²) in [7, 11) is 0. The van der Waals surface area contributed by atoms with Crippen LogP contribution in [0.3, 0.4) is 0 Å². The van der Waals surface area contributed by atoms with E-state index in [-0.39, 0.29) is 18.0 Å². The second-order valence-electron chi connectivity index (χ2n) is 5.05. The zero-order valence-corrected chi connectivity index (χ0v) is 10.7. The fraction of sp³-hybridized carbons (Fsp3) is 0.500. The Kier molecular flexibility index (Phi) is 4.24. The number of nitro benzene ring substituents is 1. The molecule has 0 saturated heterocycles. The van der Waals surface area contributed by atoms with Crippen molar-refractivity contribution in [3.05, 3.63) is 33.6 Å². The number of nitrogens with zero attached hydrogens (tertiary/aromatic N) is 1. The first-order chi connectivity index (χ1) is 8.26. The summed E-state index contributed by atoms with van der Waals surface area (Å²) in [5, 5.41) is 22.8. The number of halogens is 1. The first-order valence-electron chi connectivity index (χ1n) is 5.56. The second-order valence-corrected chi connectivity index (χ2v) is 5.05. The molecular formula is C12H17FN2O3. The van der Waals surface area contributed by atoms with Gasteiger partial charge in [-0.05, 0) is 18.6 Å². The maximum Gasteiger partial charge on any atom is 0.295 e. The lowest BCUT2D eigenvalue weighted by Crippen LogP contribution is -2.27. The molecule has 1 rings (SSSR count). The van der Waals surface area contributed by atoms with Gasteiger partial charge in [0, 0.05) is 18.6 Å². The number of anilines is 1. The van der Waals surface area contributed by atoms with Crippen molar-refractivity contribution >= 4 is 11.4 Å². The van der Waals surface area contributed by atoms with Crippen LogP contribution in [0.4, 0.5) is 15.8 Å². The van der Waals surface area contributed by atoms with Crippen LogP contribution in [0.5, 0.6) is 0 Å². The van der Waals surface area contributed by atoms with E-state index in [1.54, 1.807) is 6.92 Å². The number of aliphatic hydroxyl groups excluding tert-OH is 1. The van der Waals surface area contributed by atoms with Crippen molar-refractivity contribution in [1.82, 2.24) is 0 Å². The molecule has 0 aliphatic carbocycles. The molecule has 0 aliphatic rings. The Labute approximate surface area is 105 Å².